The van der Waals surface area contributed by atoms with Gasteiger partial charge >= 0.3 is 0 Å². The Morgan fingerprint density at radius 2 is 1.93 bits per heavy atom. The van der Waals surface area contributed by atoms with Crippen LogP contribution in [0, 0.1) is 18.8 Å². The number of carbonyl (C=O) groups is 2. The Morgan fingerprint density at radius 3 is 2.60 bits per heavy atom. The van der Waals surface area contributed by atoms with E-state index in [4.69, 9.17) is 0 Å². The Kier molecular flexibility index (Phi) is 5.71. The standard InChI is InChI=1S/C25H29N3O2/c1-4-18-12-23(28(3)16(18)2)20-9-10-21-14-26-24(13-22(21)11-20)27-25(30)19-7-5-17(15-29)6-8-19/h9-15,17,19H,4-8H2,1-3H3,(H,26,27,30)/t17-,19-. The molecule has 1 saturated carbocycles. The molecule has 5 nitrogen and oxygen atoms in total. The van der Waals surface area contributed by atoms with Crippen LogP contribution in [0.2, 0.25) is 0 Å². The summed E-state index contributed by atoms with van der Waals surface area (Å²) in [5, 5.41) is 5.09. The number of nitrogens with one attached hydrogen (secondary N) is 1. The second kappa shape index (κ2) is 8.42. The second-order valence-electron chi connectivity index (χ2n) is 8.42. The number of carbonyl (C=O) groups excluding carboxylic acids is 2. The molecule has 0 spiro atoms. The van der Waals surface area contributed by atoms with Crippen LogP contribution in [-0.2, 0) is 23.1 Å². The first-order valence-corrected chi connectivity index (χ1v) is 10.8. The molecular weight excluding hydrogens is 374 g/mol. The van der Waals surface area contributed by atoms with Gasteiger partial charge in [-0.1, -0.05) is 19.1 Å². The first kappa shape index (κ1) is 20.3. The van der Waals surface area contributed by atoms with Crippen LogP contribution in [0.5, 0.6) is 0 Å². The zero-order valence-electron chi connectivity index (χ0n) is 17.9. The smallest absolute Gasteiger partial charge is 0.228 e. The van der Waals surface area contributed by atoms with Crippen LogP contribution in [0.1, 0.15) is 43.9 Å². The summed E-state index contributed by atoms with van der Waals surface area (Å²) in [4.78, 5) is 28.0. The van der Waals surface area contributed by atoms with E-state index in [1.807, 2.05) is 12.3 Å². The van der Waals surface area contributed by atoms with E-state index in [0.29, 0.717) is 5.82 Å². The third-order valence-corrected chi connectivity index (χ3v) is 6.62. The molecular formula is C25H29N3O2. The molecule has 0 saturated heterocycles. The van der Waals surface area contributed by atoms with Gasteiger partial charge in [0.25, 0.3) is 0 Å². The molecule has 1 N–H and O–H groups in total. The number of rotatable bonds is 5. The van der Waals surface area contributed by atoms with Crippen LogP contribution in [0.25, 0.3) is 22.0 Å². The SMILES string of the molecule is CCc1cc(-c2ccc3cnc(NC(=O)[C@H]4CC[C@H](C=O)CC4)cc3c2)n(C)c1C. The molecule has 5 heteroatoms. The third kappa shape index (κ3) is 3.89. The molecule has 0 unspecified atom stereocenters. The predicted molar refractivity (Wildman–Crippen MR) is 120 cm³/mol. The Bertz CT molecular complexity index is 1090. The number of anilines is 1. The minimum absolute atomic E-state index is 0.00741. The van der Waals surface area contributed by atoms with Crippen molar-refractivity contribution in [2.24, 2.45) is 18.9 Å². The fourth-order valence-electron chi connectivity index (χ4n) is 4.51. The van der Waals surface area contributed by atoms with E-state index in [0.717, 1.165) is 54.7 Å². The molecule has 1 amide bonds. The van der Waals surface area contributed by atoms with Gasteiger partial charge in [-0.2, -0.15) is 0 Å². The number of aromatic nitrogens is 2. The molecule has 1 fully saturated rings. The molecule has 0 bridgehead atoms. The molecule has 156 valence electrons. The highest BCUT2D eigenvalue weighted by Gasteiger charge is 2.26. The van der Waals surface area contributed by atoms with Gasteiger partial charge < -0.3 is 14.7 Å². The Labute approximate surface area is 177 Å². The van der Waals surface area contributed by atoms with Gasteiger partial charge in [-0.3, -0.25) is 4.79 Å². The van der Waals surface area contributed by atoms with Crippen molar-refractivity contribution in [3.05, 3.63) is 47.8 Å². The monoisotopic (exact) mass is 403 g/mol. The van der Waals surface area contributed by atoms with Gasteiger partial charge in [0.15, 0.2) is 0 Å². The van der Waals surface area contributed by atoms with Crippen LogP contribution in [-0.4, -0.2) is 21.7 Å². The normalized spacial score (nSPS) is 19.0. The number of aryl methyl sites for hydroxylation is 1. The Balaban J connectivity index is 1.56. The second-order valence-corrected chi connectivity index (χ2v) is 8.42. The molecule has 30 heavy (non-hydrogen) atoms. The number of amides is 1. The molecule has 0 radical (unpaired) electrons. The average molecular weight is 404 g/mol. The van der Waals surface area contributed by atoms with Gasteiger partial charge in [-0.05, 0) is 73.7 Å². The minimum atomic E-state index is -0.0381. The number of aldehydes is 1. The zero-order chi connectivity index (χ0) is 21.3. The van der Waals surface area contributed by atoms with E-state index in [1.165, 1.54) is 17.0 Å². The van der Waals surface area contributed by atoms with Gasteiger partial charge in [0.05, 0.1) is 0 Å². The van der Waals surface area contributed by atoms with Crippen LogP contribution >= 0.6 is 0 Å². The molecule has 0 aliphatic heterocycles. The topological polar surface area (TPSA) is 64.0 Å². The predicted octanol–water partition coefficient (Wildman–Crippen LogP) is 5.05. The van der Waals surface area contributed by atoms with Crippen molar-refractivity contribution < 1.29 is 9.59 Å². The summed E-state index contributed by atoms with van der Waals surface area (Å²) in [7, 11) is 2.10. The van der Waals surface area contributed by atoms with E-state index in [-0.39, 0.29) is 17.7 Å². The highest BCUT2D eigenvalue weighted by atomic mass is 16.2. The first-order valence-electron chi connectivity index (χ1n) is 10.8. The van der Waals surface area contributed by atoms with Gasteiger partial charge in [-0.25, -0.2) is 4.98 Å². The quantitative estimate of drug-likeness (QED) is 0.606. The number of pyridine rings is 1. The minimum Gasteiger partial charge on any atom is -0.348 e. The van der Waals surface area contributed by atoms with E-state index < -0.39 is 0 Å². The number of hydrogen-bond donors (Lipinski definition) is 1. The zero-order valence-corrected chi connectivity index (χ0v) is 17.9. The van der Waals surface area contributed by atoms with E-state index in [2.05, 4.69) is 60.0 Å². The molecule has 1 aliphatic rings. The van der Waals surface area contributed by atoms with Gasteiger partial charge in [0.2, 0.25) is 5.91 Å². The molecule has 1 aliphatic carbocycles. The summed E-state index contributed by atoms with van der Waals surface area (Å²) in [5.41, 5.74) is 5.00. The molecule has 2 aromatic heterocycles. The van der Waals surface area contributed by atoms with Crippen LogP contribution in [0.15, 0.2) is 36.5 Å². The number of fused-ring (bicyclic) bond motifs is 1. The molecule has 0 atom stereocenters. The van der Waals surface area contributed by atoms with Crippen molar-refractivity contribution >= 4 is 28.8 Å². The third-order valence-electron chi connectivity index (χ3n) is 6.62. The maximum atomic E-state index is 12.7. The highest BCUT2D eigenvalue weighted by Crippen LogP contribution is 2.30. The van der Waals surface area contributed by atoms with Crippen LogP contribution in [0.3, 0.4) is 0 Å². The summed E-state index contributed by atoms with van der Waals surface area (Å²) >= 11 is 0. The molecule has 4 rings (SSSR count). The summed E-state index contributed by atoms with van der Waals surface area (Å²) < 4.78 is 2.24. The number of benzene rings is 1. The lowest BCUT2D eigenvalue weighted by Gasteiger charge is -2.24. The first-order chi connectivity index (χ1) is 14.5. The number of nitrogens with zero attached hydrogens (tertiary/aromatic N) is 2. The lowest BCUT2D eigenvalue weighted by Crippen LogP contribution is -2.27. The maximum absolute atomic E-state index is 12.7. The average Bonchev–Trinajstić information content (AvgIpc) is 3.07. The fraction of sp³-hybridized carbons (Fsp3) is 0.400. The van der Waals surface area contributed by atoms with Crippen molar-refractivity contribution in [3.63, 3.8) is 0 Å². The van der Waals surface area contributed by atoms with E-state index in [9.17, 15) is 9.59 Å². The summed E-state index contributed by atoms with van der Waals surface area (Å²) in [6.45, 7) is 4.34. The largest absolute Gasteiger partial charge is 0.348 e. The van der Waals surface area contributed by atoms with Gasteiger partial charge in [-0.15, -0.1) is 0 Å². The van der Waals surface area contributed by atoms with E-state index >= 15 is 0 Å². The Hall–Kier alpha value is -2.95. The van der Waals surface area contributed by atoms with Crippen molar-refractivity contribution in [2.75, 3.05) is 5.32 Å². The molecule has 3 aromatic rings. The lowest BCUT2D eigenvalue weighted by molar-refractivity contribution is -0.122. The van der Waals surface area contributed by atoms with E-state index in [1.54, 1.807) is 0 Å². The van der Waals surface area contributed by atoms with Crippen molar-refractivity contribution in [1.29, 1.82) is 0 Å². The summed E-state index contributed by atoms with van der Waals surface area (Å²) in [6.07, 6.45) is 6.97. The van der Waals surface area contributed by atoms with Crippen LogP contribution in [0.4, 0.5) is 5.82 Å². The fourth-order valence-corrected chi connectivity index (χ4v) is 4.51. The Morgan fingerprint density at radius 1 is 1.17 bits per heavy atom. The van der Waals surface area contributed by atoms with Crippen molar-refractivity contribution in [3.8, 4) is 11.3 Å². The highest BCUT2D eigenvalue weighted by molar-refractivity contribution is 5.95. The molecule has 2 heterocycles. The number of hydrogen-bond acceptors (Lipinski definition) is 3. The van der Waals surface area contributed by atoms with Crippen molar-refractivity contribution in [1.82, 2.24) is 9.55 Å². The summed E-state index contributed by atoms with van der Waals surface area (Å²) in [5.74, 6) is 0.664. The lowest BCUT2D eigenvalue weighted by atomic mass is 9.82. The maximum Gasteiger partial charge on any atom is 0.228 e. The van der Waals surface area contributed by atoms with Gasteiger partial charge in [0.1, 0.15) is 12.1 Å². The van der Waals surface area contributed by atoms with Crippen LogP contribution < -0.4 is 5.32 Å². The molecule has 1 aromatic carbocycles. The van der Waals surface area contributed by atoms with Gasteiger partial charge in [0, 0.05) is 41.9 Å². The van der Waals surface area contributed by atoms with Crippen molar-refractivity contribution in [2.45, 2.75) is 46.0 Å². The summed E-state index contributed by atoms with van der Waals surface area (Å²) in [6, 6.07) is 10.6.